The van der Waals surface area contributed by atoms with Gasteiger partial charge in [0.15, 0.2) is 0 Å². The van der Waals surface area contributed by atoms with E-state index in [0.717, 1.165) is 112 Å². The number of anilines is 4. The summed E-state index contributed by atoms with van der Waals surface area (Å²) in [6, 6.07) is 114. The molecule has 11 aromatic carbocycles. The van der Waals surface area contributed by atoms with Crippen molar-refractivity contribution in [1.29, 1.82) is 0 Å². The first-order chi connectivity index (χ1) is 41.5. The zero-order valence-corrected chi connectivity index (χ0v) is 47.4. The molecule has 0 atom stereocenters. The highest BCUT2D eigenvalue weighted by Crippen LogP contribution is 2.38. The van der Waals surface area contributed by atoms with E-state index in [1.807, 2.05) is 111 Å². The Morgan fingerprint density at radius 2 is 0.500 bits per heavy atom. The Morgan fingerprint density at radius 3 is 0.774 bits per heavy atom. The van der Waals surface area contributed by atoms with Crippen LogP contribution in [0, 0.1) is 0 Å². The van der Waals surface area contributed by atoms with Crippen molar-refractivity contribution >= 4 is 38.7 Å². The van der Waals surface area contributed by atoms with Crippen molar-refractivity contribution in [3.8, 4) is 84.6 Å². The molecular weight excluding hydrogens is 1090 g/mol. The average molecular weight is 1150 g/mol. The second-order valence-corrected chi connectivity index (χ2v) is 20.7. The summed E-state index contributed by atoms with van der Waals surface area (Å²) in [5.41, 5.74) is 25.0. The molecule has 14 aromatic rings. The maximum Gasteiger partial charge on any atom is 0.0934 e. The summed E-state index contributed by atoms with van der Waals surface area (Å²) in [4.78, 5) is 2.28. The minimum Gasteiger partial charge on any atom is -0.399 e. The van der Waals surface area contributed by atoms with Gasteiger partial charge < -0.3 is 10.6 Å². The van der Waals surface area contributed by atoms with Gasteiger partial charge in [0.25, 0.3) is 0 Å². The number of hydrogen-bond acceptors (Lipinski definition) is 5. The highest BCUT2D eigenvalue weighted by atomic mass is 79.9. The summed E-state index contributed by atoms with van der Waals surface area (Å²) in [6.45, 7) is 0. The van der Waals surface area contributed by atoms with E-state index in [1.54, 1.807) is 0 Å². The van der Waals surface area contributed by atoms with Crippen molar-refractivity contribution in [2.75, 3.05) is 10.6 Å². The van der Waals surface area contributed by atoms with Crippen LogP contribution in [0.15, 0.2) is 338 Å². The van der Waals surface area contributed by atoms with Crippen LogP contribution in [0.5, 0.6) is 0 Å². The second-order valence-electron chi connectivity index (χ2n) is 19.8. The molecule has 404 valence electrons. The third-order valence-corrected chi connectivity index (χ3v) is 14.7. The number of rotatable bonds is 12. The SMILES string of the molecule is Brc1ccc(-n2nc(-c3ccccc3)cc2-c2ccccc2)cc1.Nc1ccccc1.c1ccc(-c2cc(-c3ccccc3)n(-c3ccc(N(c4ccccc4)c4ccc(-n5nc(-c6ccccc6)cc5-c5ccccc5)cc4)cc3)n2)cc1. The zero-order chi connectivity index (χ0) is 56.9. The van der Waals surface area contributed by atoms with Gasteiger partial charge in [0, 0.05) is 60.6 Å². The average Bonchev–Trinajstić information content (AvgIpc) is 4.27. The van der Waals surface area contributed by atoms with Gasteiger partial charge in [-0.05, 0) is 115 Å². The minimum absolute atomic E-state index is 0.822. The van der Waals surface area contributed by atoms with Crippen LogP contribution in [0.2, 0.25) is 0 Å². The molecule has 8 nitrogen and oxygen atoms in total. The number of nitrogens with zero attached hydrogens (tertiary/aromatic N) is 7. The summed E-state index contributed by atoms with van der Waals surface area (Å²) in [5.74, 6) is 0. The van der Waals surface area contributed by atoms with Crippen LogP contribution in [-0.2, 0) is 0 Å². The fourth-order valence-corrected chi connectivity index (χ4v) is 10.2. The third-order valence-electron chi connectivity index (χ3n) is 14.1. The van der Waals surface area contributed by atoms with Crippen LogP contribution in [0.1, 0.15) is 0 Å². The van der Waals surface area contributed by atoms with Crippen molar-refractivity contribution in [2.24, 2.45) is 0 Å². The van der Waals surface area contributed by atoms with Crippen molar-refractivity contribution in [3.63, 3.8) is 0 Å². The van der Waals surface area contributed by atoms with Crippen LogP contribution < -0.4 is 10.6 Å². The molecule has 0 saturated carbocycles. The molecular formula is C75H57BrN8. The molecule has 0 spiro atoms. The number of benzene rings is 11. The number of aromatic nitrogens is 6. The van der Waals surface area contributed by atoms with Gasteiger partial charge in [0.05, 0.1) is 51.2 Å². The molecule has 9 heteroatoms. The van der Waals surface area contributed by atoms with Gasteiger partial charge >= 0.3 is 0 Å². The van der Waals surface area contributed by atoms with Crippen molar-refractivity contribution in [1.82, 2.24) is 29.3 Å². The van der Waals surface area contributed by atoms with E-state index in [9.17, 15) is 0 Å². The smallest absolute Gasteiger partial charge is 0.0934 e. The van der Waals surface area contributed by atoms with Crippen molar-refractivity contribution < 1.29 is 0 Å². The first-order valence-electron chi connectivity index (χ1n) is 27.7. The summed E-state index contributed by atoms with van der Waals surface area (Å²) < 4.78 is 7.15. The maximum atomic E-state index is 5.36. The van der Waals surface area contributed by atoms with E-state index in [2.05, 4.69) is 257 Å². The number of nitrogens with two attached hydrogens (primary N) is 1. The lowest BCUT2D eigenvalue weighted by Gasteiger charge is -2.26. The van der Waals surface area contributed by atoms with E-state index in [4.69, 9.17) is 21.0 Å². The predicted octanol–water partition coefficient (Wildman–Crippen LogP) is 19.4. The number of halogens is 1. The largest absolute Gasteiger partial charge is 0.399 e. The van der Waals surface area contributed by atoms with Gasteiger partial charge in [-0.25, -0.2) is 14.0 Å². The minimum atomic E-state index is 0.822. The molecule has 0 saturated heterocycles. The Bertz CT molecular complexity index is 4150. The van der Waals surface area contributed by atoms with Crippen molar-refractivity contribution in [3.05, 3.63) is 338 Å². The summed E-state index contributed by atoms with van der Waals surface area (Å²) in [7, 11) is 0. The quantitative estimate of drug-likeness (QED) is 0.123. The van der Waals surface area contributed by atoms with Crippen LogP contribution >= 0.6 is 15.9 Å². The second kappa shape index (κ2) is 25.7. The maximum absolute atomic E-state index is 5.36. The monoisotopic (exact) mass is 1150 g/mol. The molecule has 0 amide bonds. The molecule has 0 radical (unpaired) electrons. The molecule has 0 aliphatic heterocycles. The van der Waals surface area contributed by atoms with E-state index in [1.165, 1.54) is 0 Å². The lowest BCUT2D eigenvalue weighted by atomic mass is 10.1. The molecule has 14 rings (SSSR count). The lowest BCUT2D eigenvalue weighted by molar-refractivity contribution is 0.891. The van der Waals surface area contributed by atoms with E-state index in [0.29, 0.717) is 0 Å². The Morgan fingerprint density at radius 1 is 0.262 bits per heavy atom. The van der Waals surface area contributed by atoms with Crippen LogP contribution in [0.25, 0.3) is 84.6 Å². The van der Waals surface area contributed by atoms with Gasteiger partial charge in [0.2, 0.25) is 0 Å². The highest BCUT2D eigenvalue weighted by molar-refractivity contribution is 9.10. The Hall–Kier alpha value is -10.9. The van der Waals surface area contributed by atoms with Crippen molar-refractivity contribution in [2.45, 2.75) is 0 Å². The Labute approximate surface area is 498 Å². The molecule has 0 aliphatic rings. The van der Waals surface area contributed by atoms with Gasteiger partial charge in [-0.3, -0.25) is 0 Å². The van der Waals surface area contributed by atoms with E-state index < -0.39 is 0 Å². The Kier molecular flexibility index (Phi) is 16.5. The van der Waals surface area contributed by atoms with E-state index in [-0.39, 0.29) is 0 Å². The number of hydrogen-bond donors (Lipinski definition) is 1. The van der Waals surface area contributed by atoms with Gasteiger partial charge in [-0.2, -0.15) is 15.3 Å². The van der Waals surface area contributed by atoms with Gasteiger partial charge in [0.1, 0.15) is 0 Å². The number of para-hydroxylation sites is 2. The van der Waals surface area contributed by atoms with Gasteiger partial charge in [-0.15, -0.1) is 0 Å². The fraction of sp³-hybridized carbons (Fsp3) is 0. The predicted molar refractivity (Wildman–Crippen MR) is 350 cm³/mol. The molecule has 3 aromatic heterocycles. The summed E-state index contributed by atoms with van der Waals surface area (Å²) in [5, 5.41) is 15.1. The summed E-state index contributed by atoms with van der Waals surface area (Å²) in [6.07, 6.45) is 0. The topological polar surface area (TPSA) is 82.7 Å². The van der Waals surface area contributed by atoms with Crippen LogP contribution in [0.4, 0.5) is 22.7 Å². The lowest BCUT2D eigenvalue weighted by Crippen LogP contribution is -2.10. The number of nitrogen functional groups attached to an aromatic ring is 1. The van der Waals surface area contributed by atoms with Crippen LogP contribution in [-0.4, -0.2) is 29.3 Å². The fourth-order valence-electron chi connectivity index (χ4n) is 9.97. The first-order valence-corrected chi connectivity index (χ1v) is 28.5. The van der Waals surface area contributed by atoms with Gasteiger partial charge in [-0.1, -0.05) is 234 Å². The molecule has 0 fully saturated rings. The molecule has 0 unspecified atom stereocenters. The molecule has 0 bridgehead atoms. The normalized spacial score (nSPS) is 10.7. The Balaban J connectivity index is 0.000000183. The summed E-state index contributed by atoms with van der Waals surface area (Å²) >= 11 is 3.49. The van der Waals surface area contributed by atoms with Crippen LogP contribution in [0.3, 0.4) is 0 Å². The molecule has 3 heterocycles. The molecule has 2 N–H and O–H groups in total. The third kappa shape index (κ3) is 12.5. The standard InChI is InChI=1S/C48H35N5.C21H15BrN2.C6H7N/c1-6-16-36(17-7-1)45-34-47(38-20-10-3-11-21-38)52(49-45)43-30-26-41(27-31-43)51(40-24-14-5-15-25-40)42-28-32-44(33-29-42)53-48(39-22-12-4-13-23-39)35-46(50-53)37-18-8-2-9-19-37;22-18-11-13-19(14-12-18)24-21(17-9-5-2-6-10-17)15-20(23-24)16-7-3-1-4-8-16;7-6-4-2-1-3-5-6/h1-35H;1-15H;1-5H,7H2. The molecule has 0 aliphatic carbocycles. The first kappa shape index (κ1) is 53.8. The van der Waals surface area contributed by atoms with E-state index >= 15 is 0 Å². The zero-order valence-electron chi connectivity index (χ0n) is 45.8. The highest BCUT2D eigenvalue weighted by Gasteiger charge is 2.19. The molecule has 84 heavy (non-hydrogen) atoms.